The van der Waals surface area contributed by atoms with Crippen LogP contribution in [0, 0.1) is 34.6 Å². The Morgan fingerprint density at radius 1 is 0.522 bits per heavy atom. The van der Waals surface area contributed by atoms with Gasteiger partial charge in [-0.25, -0.2) is 0 Å². The molecule has 5 aromatic rings. The largest absolute Gasteiger partial charge is 0.0908 e. The van der Waals surface area contributed by atoms with Crippen LogP contribution in [-0.2, 0) is 5.41 Å². The van der Waals surface area contributed by atoms with Gasteiger partial charge in [-0.2, -0.15) is 0 Å². The molecule has 0 aromatic heterocycles. The van der Waals surface area contributed by atoms with Crippen molar-refractivity contribution in [1.82, 2.24) is 0 Å². The molecule has 0 atom stereocenters. The van der Waals surface area contributed by atoms with Crippen LogP contribution in [0.1, 0.15) is 99.2 Å². The van der Waals surface area contributed by atoms with E-state index in [9.17, 15) is 0 Å². The van der Waals surface area contributed by atoms with Crippen molar-refractivity contribution in [3.05, 3.63) is 170 Å². The Morgan fingerprint density at radius 3 is 1.24 bits per heavy atom. The first kappa shape index (κ1) is 29.0. The van der Waals surface area contributed by atoms with Crippen LogP contribution in [0.25, 0.3) is 27.8 Å². The van der Waals surface area contributed by atoms with Gasteiger partial charge in [-0.15, -0.1) is 0 Å². The lowest BCUT2D eigenvalue weighted by molar-refractivity contribution is 0.406. The SMILES string of the molecule is C=C1C(=CCC)C(CC2c3cc(C)ccc3-c3ccc(C)cc32)(CC2c3cc(C)ccc3-c3ccc(C)cc32)c2cc(C)ccc21. The van der Waals surface area contributed by atoms with Gasteiger partial charge in [0.1, 0.15) is 0 Å². The highest BCUT2D eigenvalue weighted by atomic mass is 14.5. The topological polar surface area (TPSA) is 0 Å². The minimum absolute atomic E-state index is 0.192. The van der Waals surface area contributed by atoms with Crippen LogP contribution < -0.4 is 0 Å². The fourth-order valence-corrected chi connectivity index (χ4v) is 9.28. The maximum atomic E-state index is 4.84. The van der Waals surface area contributed by atoms with E-state index in [0.29, 0.717) is 11.8 Å². The van der Waals surface area contributed by atoms with Crippen molar-refractivity contribution in [2.75, 3.05) is 0 Å². The molecule has 0 spiro atoms. The van der Waals surface area contributed by atoms with Gasteiger partial charge in [-0.1, -0.05) is 138 Å². The second kappa shape index (κ2) is 10.6. The molecular weight excluding hydrogens is 553 g/mol. The summed E-state index contributed by atoms with van der Waals surface area (Å²) in [6, 6.07) is 35.7. The highest BCUT2D eigenvalue weighted by molar-refractivity contribution is 5.90. The molecular formula is C46H44. The molecule has 3 aliphatic rings. The van der Waals surface area contributed by atoms with Crippen molar-refractivity contribution in [2.24, 2.45) is 0 Å². The molecule has 0 fully saturated rings. The zero-order chi connectivity index (χ0) is 31.9. The molecule has 0 unspecified atom stereocenters. The van der Waals surface area contributed by atoms with E-state index in [1.165, 1.54) is 94.6 Å². The van der Waals surface area contributed by atoms with Crippen molar-refractivity contribution in [3.63, 3.8) is 0 Å². The van der Waals surface area contributed by atoms with Crippen LogP contribution in [0.2, 0.25) is 0 Å². The van der Waals surface area contributed by atoms with Gasteiger partial charge >= 0.3 is 0 Å². The minimum atomic E-state index is -0.192. The second-order valence-corrected chi connectivity index (χ2v) is 14.5. The highest BCUT2D eigenvalue weighted by Gasteiger charge is 2.50. The number of aryl methyl sites for hydroxylation is 5. The van der Waals surface area contributed by atoms with Crippen LogP contribution in [0.4, 0.5) is 0 Å². The summed E-state index contributed by atoms with van der Waals surface area (Å²) < 4.78 is 0. The summed E-state index contributed by atoms with van der Waals surface area (Å²) >= 11 is 0. The lowest BCUT2D eigenvalue weighted by atomic mass is 9.64. The molecule has 0 aliphatic heterocycles. The summed E-state index contributed by atoms with van der Waals surface area (Å²) in [4.78, 5) is 0. The Morgan fingerprint density at radius 2 is 0.870 bits per heavy atom. The summed E-state index contributed by atoms with van der Waals surface area (Å²) in [6.45, 7) is 18.4. The third-order valence-electron chi connectivity index (χ3n) is 11.3. The average molecular weight is 597 g/mol. The molecule has 0 radical (unpaired) electrons. The van der Waals surface area contributed by atoms with E-state index in [1.807, 2.05) is 0 Å². The van der Waals surface area contributed by atoms with E-state index < -0.39 is 0 Å². The highest BCUT2D eigenvalue weighted by Crippen LogP contribution is 2.62. The summed E-state index contributed by atoms with van der Waals surface area (Å²) in [5.74, 6) is 0.611. The van der Waals surface area contributed by atoms with Crippen molar-refractivity contribution >= 4 is 5.57 Å². The molecule has 0 nitrogen and oxygen atoms in total. The molecule has 8 rings (SSSR count). The maximum absolute atomic E-state index is 4.84. The number of rotatable bonds is 5. The third kappa shape index (κ3) is 4.26. The number of fused-ring (bicyclic) bond motifs is 7. The van der Waals surface area contributed by atoms with Gasteiger partial charge in [0.2, 0.25) is 0 Å². The monoisotopic (exact) mass is 596 g/mol. The third-order valence-corrected chi connectivity index (χ3v) is 11.3. The average Bonchev–Trinajstić information content (AvgIpc) is 3.56. The zero-order valence-corrected chi connectivity index (χ0v) is 28.2. The van der Waals surface area contributed by atoms with E-state index in [4.69, 9.17) is 6.58 Å². The Hall–Kier alpha value is -4.42. The van der Waals surface area contributed by atoms with Gasteiger partial charge in [-0.05, 0) is 121 Å². The van der Waals surface area contributed by atoms with Crippen LogP contribution in [0.3, 0.4) is 0 Å². The van der Waals surface area contributed by atoms with Crippen molar-refractivity contribution in [2.45, 2.75) is 78.1 Å². The first-order chi connectivity index (χ1) is 22.2. The Labute approximate surface area is 275 Å². The molecule has 0 heteroatoms. The van der Waals surface area contributed by atoms with Gasteiger partial charge in [0.25, 0.3) is 0 Å². The number of hydrogen-bond acceptors (Lipinski definition) is 0. The lowest BCUT2D eigenvalue weighted by Gasteiger charge is -2.39. The van der Waals surface area contributed by atoms with Crippen molar-refractivity contribution in [1.29, 1.82) is 0 Å². The molecule has 0 heterocycles. The van der Waals surface area contributed by atoms with Crippen LogP contribution >= 0.6 is 0 Å². The molecule has 0 bridgehead atoms. The predicted molar refractivity (Wildman–Crippen MR) is 196 cm³/mol. The van der Waals surface area contributed by atoms with Crippen molar-refractivity contribution in [3.8, 4) is 22.3 Å². The fraction of sp³-hybridized carbons (Fsp3) is 0.261. The quantitative estimate of drug-likeness (QED) is 0.189. The van der Waals surface area contributed by atoms with E-state index in [-0.39, 0.29) is 5.41 Å². The first-order valence-electron chi connectivity index (χ1n) is 17.1. The first-order valence-corrected chi connectivity index (χ1v) is 17.1. The molecule has 0 N–H and O–H groups in total. The van der Waals surface area contributed by atoms with Gasteiger partial charge in [0, 0.05) is 17.3 Å². The molecule has 0 saturated carbocycles. The van der Waals surface area contributed by atoms with Gasteiger partial charge < -0.3 is 0 Å². The van der Waals surface area contributed by atoms with Gasteiger partial charge in [-0.3, -0.25) is 0 Å². The van der Waals surface area contributed by atoms with Gasteiger partial charge in [0.15, 0.2) is 0 Å². The molecule has 0 saturated heterocycles. The lowest BCUT2D eigenvalue weighted by Crippen LogP contribution is -2.31. The van der Waals surface area contributed by atoms with Crippen LogP contribution in [-0.4, -0.2) is 0 Å². The van der Waals surface area contributed by atoms with Gasteiger partial charge in [0.05, 0.1) is 0 Å². The summed E-state index contributed by atoms with van der Waals surface area (Å²) in [5, 5.41) is 0. The molecule has 3 aliphatic carbocycles. The number of hydrogen-bond donors (Lipinski definition) is 0. The zero-order valence-electron chi connectivity index (χ0n) is 28.2. The van der Waals surface area contributed by atoms with E-state index in [2.05, 4.69) is 139 Å². The van der Waals surface area contributed by atoms with Crippen molar-refractivity contribution < 1.29 is 0 Å². The normalized spacial score (nSPS) is 16.8. The Balaban J connectivity index is 1.40. The summed E-state index contributed by atoms with van der Waals surface area (Å²) in [7, 11) is 0. The minimum Gasteiger partial charge on any atom is -0.0908 e. The van der Waals surface area contributed by atoms with Crippen LogP contribution in [0.15, 0.2) is 109 Å². The Bertz CT molecular complexity index is 1900. The fourth-order valence-electron chi connectivity index (χ4n) is 9.28. The molecule has 0 amide bonds. The molecule has 5 aromatic carbocycles. The predicted octanol–water partition coefficient (Wildman–Crippen LogP) is 12.2. The maximum Gasteiger partial charge on any atom is 0.0230 e. The second-order valence-electron chi connectivity index (χ2n) is 14.5. The number of allylic oxidation sites excluding steroid dienone is 3. The van der Waals surface area contributed by atoms with E-state index in [0.717, 1.165) is 19.3 Å². The standard InChI is InChI=1S/C46H44/c1-8-9-44-32(7)33-15-10-31(6)24-45(33)46(44,25-42-38-20-27(2)11-16-34(38)35-17-12-28(3)21-39(35)42)26-43-40-22-29(4)13-18-36(40)37-19-14-30(5)23-41(37)43/h9-24,42-43H,7-8,25-26H2,1-6H3. The van der Waals surface area contributed by atoms with Crippen LogP contribution in [0.5, 0.6) is 0 Å². The molecule has 46 heavy (non-hydrogen) atoms. The van der Waals surface area contributed by atoms with E-state index in [1.54, 1.807) is 0 Å². The van der Waals surface area contributed by atoms with E-state index >= 15 is 0 Å². The summed E-state index contributed by atoms with van der Waals surface area (Å²) in [6.07, 6.45) is 5.57. The molecule has 228 valence electrons. The summed E-state index contributed by atoms with van der Waals surface area (Å²) in [5.41, 5.74) is 23.5. The smallest absolute Gasteiger partial charge is 0.0230 e. The Kier molecular flexibility index (Phi) is 6.66. The number of benzene rings is 5.